The third-order valence-corrected chi connectivity index (χ3v) is 5.80. The Labute approximate surface area is 134 Å². The molecular formula is C17H31N3O2. The van der Waals surface area contributed by atoms with Crippen molar-refractivity contribution in [1.29, 1.82) is 0 Å². The summed E-state index contributed by atoms with van der Waals surface area (Å²) in [6, 6.07) is 0.647. The molecule has 2 aliphatic heterocycles. The van der Waals surface area contributed by atoms with E-state index in [0.29, 0.717) is 18.9 Å². The zero-order chi connectivity index (χ0) is 15.6. The molecule has 0 bridgehead atoms. The normalized spacial score (nSPS) is 31.2. The van der Waals surface area contributed by atoms with E-state index < -0.39 is 5.60 Å². The van der Waals surface area contributed by atoms with Gasteiger partial charge in [0.1, 0.15) is 5.60 Å². The Morgan fingerprint density at radius 3 is 2.32 bits per heavy atom. The molecule has 1 atom stereocenters. The van der Waals surface area contributed by atoms with Crippen LogP contribution in [0, 0.1) is 0 Å². The molecule has 126 valence electrons. The lowest BCUT2D eigenvalue weighted by atomic mass is 9.83. The van der Waals surface area contributed by atoms with Crippen molar-refractivity contribution in [3.05, 3.63) is 0 Å². The van der Waals surface area contributed by atoms with Gasteiger partial charge in [0.05, 0.1) is 0 Å². The molecule has 0 aromatic heterocycles. The first-order chi connectivity index (χ1) is 10.6. The van der Waals surface area contributed by atoms with E-state index >= 15 is 0 Å². The van der Waals surface area contributed by atoms with Crippen LogP contribution in [-0.4, -0.2) is 83.7 Å². The highest BCUT2D eigenvalue weighted by molar-refractivity contribution is 5.85. The first-order valence-electron chi connectivity index (χ1n) is 9.03. The highest BCUT2D eigenvalue weighted by Gasteiger charge is 2.41. The van der Waals surface area contributed by atoms with Gasteiger partial charge in [0.15, 0.2) is 0 Å². The Hall–Kier alpha value is -0.650. The molecule has 0 aromatic rings. The standard InChI is InChI=1S/C17H31N3O2/c1-18-9-5-6-15(14-18)19-10-12-20(13-11-19)16(21)17(22)7-3-2-4-8-17/h15,22H,2-14H2,1H3. The van der Waals surface area contributed by atoms with Gasteiger partial charge >= 0.3 is 0 Å². The van der Waals surface area contributed by atoms with E-state index in [-0.39, 0.29) is 5.91 Å². The van der Waals surface area contributed by atoms with Gasteiger partial charge in [0.25, 0.3) is 5.91 Å². The fourth-order valence-corrected chi connectivity index (χ4v) is 4.37. The second-order valence-electron chi connectivity index (χ2n) is 7.48. The van der Waals surface area contributed by atoms with Crippen LogP contribution in [0.25, 0.3) is 0 Å². The molecular weight excluding hydrogens is 278 g/mol. The average Bonchev–Trinajstić information content (AvgIpc) is 2.55. The molecule has 1 amide bonds. The number of hydrogen-bond donors (Lipinski definition) is 1. The Balaban J connectivity index is 1.51. The Morgan fingerprint density at radius 1 is 1.00 bits per heavy atom. The predicted molar refractivity (Wildman–Crippen MR) is 86.7 cm³/mol. The zero-order valence-electron chi connectivity index (χ0n) is 14.0. The summed E-state index contributed by atoms with van der Waals surface area (Å²) in [6.07, 6.45) is 6.98. The van der Waals surface area contributed by atoms with Crippen LogP contribution < -0.4 is 0 Å². The van der Waals surface area contributed by atoms with Gasteiger partial charge in [0.2, 0.25) is 0 Å². The minimum Gasteiger partial charge on any atom is -0.380 e. The molecule has 3 fully saturated rings. The Bertz CT molecular complexity index is 387. The van der Waals surface area contributed by atoms with Crippen molar-refractivity contribution in [1.82, 2.24) is 14.7 Å². The number of nitrogens with zero attached hydrogens (tertiary/aromatic N) is 3. The maximum absolute atomic E-state index is 12.7. The fourth-order valence-electron chi connectivity index (χ4n) is 4.37. The van der Waals surface area contributed by atoms with Crippen LogP contribution in [-0.2, 0) is 4.79 Å². The van der Waals surface area contributed by atoms with Crippen molar-refractivity contribution in [2.75, 3.05) is 46.3 Å². The number of rotatable bonds is 2. The molecule has 2 saturated heterocycles. The van der Waals surface area contributed by atoms with Crippen LogP contribution in [0.1, 0.15) is 44.9 Å². The van der Waals surface area contributed by atoms with Crippen LogP contribution in [0.3, 0.4) is 0 Å². The lowest BCUT2D eigenvalue weighted by Gasteiger charge is -2.44. The number of aliphatic hydroxyl groups is 1. The van der Waals surface area contributed by atoms with Crippen LogP contribution in [0.2, 0.25) is 0 Å². The SMILES string of the molecule is CN1CCCC(N2CCN(C(=O)C3(O)CCCCC3)CC2)C1. The molecule has 1 N–H and O–H groups in total. The third kappa shape index (κ3) is 3.47. The molecule has 5 nitrogen and oxygen atoms in total. The molecule has 0 spiro atoms. The molecule has 1 aliphatic carbocycles. The van der Waals surface area contributed by atoms with Crippen molar-refractivity contribution in [2.45, 2.75) is 56.6 Å². The summed E-state index contributed by atoms with van der Waals surface area (Å²) >= 11 is 0. The van der Waals surface area contributed by atoms with Crippen molar-refractivity contribution < 1.29 is 9.90 Å². The van der Waals surface area contributed by atoms with E-state index in [9.17, 15) is 9.90 Å². The van der Waals surface area contributed by atoms with Crippen molar-refractivity contribution in [3.63, 3.8) is 0 Å². The van der Waals surface area contributed by atoms with Gasteiger partial charge in [-0.15, -0.1) is 0 Å². The van der Waals surface area contributed by atoms with Gasteiger partial charge in [-0.2, -0.15) is 0 Å². The van der Waals surface area contributed by atoms with Crippen LogP contribution >= 0.6 is 0 Å². The number of hydrogen-bond acceptors (Lipinski definition) is 4. The van der Waals surface area contributed by atoms with Gasteiger partial charge in [-0.05, 0) is 39.3 Å². The summed E-state index contributed by atoms with van der Waals surface area (Å²) in [7, 11) is 2.20. The number of likely N-dealkylation sites (N-methyl/N-ethyl adjacent to an activating group) is 1. The fraction of sp³-hybridized carbons (Fsp3) is 0.941. The first-order valence-corrected chi connectivity index (χ1v) is 9.03. The van der Waals surface area contributed by atoms with Gasteiger partial charge in [-0.1, -0.05) is 19.3 Å². The second kappa shape index (κ2) is 6.85. The molecule has 0 radical (unpaired) electrons. The molecule has 0 aromatic carbocycles. The van der Waals surface area contributed by atoms with E-state index in [0.717, 1.165) is 52.0 Å². The number of piperidine rings is 1. The quantitative estimate of drug-likeness (QED) is 0.824. The van der Waals surface area contributed by atoms with E-state index in [4.69, 9.17) is 0 Å². The minimum absolute atomic E-state index is 0.00684. The van der Waals surface area contributed by atoms with Gasteiger partial charge in [0, 0.05) is 38.8 Å². The Morgan fingerprint density at radius 2 is 1.68 bits per heavy atom. The summed E-state index contributed by atoms with van der Waals surface area (Å²) in [5.41, 5.74) is -1.06. The average molecular weight is 309 g/mol. The topological polar surface area (TPSA) is 47.0 Å². The zero-order valence-corrected chi connectivity index (χ0v) is 14.0. The highest BCUT2D eigenvalue weighted by Crippen LogP contribution is 2.30. The maximum Gasteiger partial charge on any atom is 0.254 e. The van der Waals surface area contributed by atoms with Gasteiger partial charge in [-0.3, -0.25) is 9.69 Å². The summed E-state index contributed by atoms with van der Waals surface area (Å²) in [5, 5.41) is 10.6. The van der Waals surface area contributed by atoms with Crippen molar-refractivity contribution in [3.8, 4) is 0 Å². The number of piperazine rings is 1. The van der Waals surface area contributed by atoms with E-state index in [1.807, 2.05) is 4.90 Å². The summed E-state index contributed by atoms with van der Waals surface area (Å²) in [4.78, 5) is 19.5. The van der Waals surface area contributed by atoms with Crippen LogP contribution in [0.15, 0.2) is 0 Å². The number of likely N-dealkylation sites (tertiary alicyclic amines) is 1. The summed E-state index contributed by atoms with van der Waals surface area (Å²) < 4.78 is 0. The second-order valence-corrected chi connectivity index (χ2v) is 7.48. The van der Waals surface area contributed by atoms with Gasteiger partial charge < -0.3 is 14.9 Å². The Kier molecular flexibility index (Phi) is 5.05. The van der Waals surface area contributed by atoms with E-state index in [1.165, 1.54) is 19.4 Å². The predicted octanol–water partition coefficient (Wildman–Crippen LogP) is 0.920. The summed E-state index contributed by atoms with van der Waals surface area (Å²) in [5.74, 6) is -0.00684. The maximum atomic E-state index is 12.7. The third-order valence-electron chi connectivity index (χ3n) is 5.80. The van der Waals surface area contributed by atoms with Gasteiger partial charge in [-0.25, -0.2) is 0 Å². The summed E-state index contributed by atoms with van der Waals surface area (Å²) in [6.45, 7) is 5.84. The monoisotopic (exact) mass is 309 g/mol. The van der Waals surface area contributed by atoms with Crippen LogP contribution in [0.4, 0.5) is 0 Å². The smallest absolute Gasteiger partial charge is 0.254 e. The number of carbonyl (C=O) groups excluding carboxylic acids is 1. The van der Waals surface area contributed by atoms with E-state index in [2.05, 4.69) is 16.8 Å². The van der Waals surface area contributed by atoms with Crippen molar-refractivity contribution in [2.24, 2.45) is 0 Å². The largest absolute Gasteiger partial charge is 0.380 e. The number of amides is 1. The highest BCUT2D eigenvalue weighted by atomic mass is 16.3. The minimum atomic E-state index is -1.06. The molecule has 5 heteroatoms. The van der Waals surface area contributed by atoms with Crippen molar-refractivity contribution >= 4 is 5.91 Å². The molecule has 22 heavy (non-hydrogen) atoms. The molecule has 1 unspecified atom stereocenters. The molecule has 3 aliphatic rings. The molecule has 2 heterocycles. The van der Waals surface area contributed by atoms with Crippen LogP contribution in [0.5, 0.6) is 0 Å². The molecule has 1 saturated carbocycles. The lowest BCUT2D eigenvalue weighted by molar-refractivity contribution is -0.157. The first kappa shape index (κ1) is 16.2. The van der Waals surface area contributed by atoms with E-state index in [1.54, 1.807) is 0 Å². The number of carbonyl (C=O) groups is 1. The lowest BCUT2D eigenvalue weighted by Crippen LogP contribution is -2.59. The molecule has 3 rings (SSSR count).